The summed E-state index contributed by atoms with van der Waals surface area (Å²) >= 11 is 0. The fourth-order valence-corrected chi connectivity index (χ4v) is 3.76. The molecule has 0 saturated carbocycles. The second kappa shape index (κ2) is 11.0. The van der Waals surface area contributed by atoms with Crippen LogP contribution in [0.15, 0.2) is 0 Å². The van der Waals surface area contributed by atoms with Gasteiger partial charge in [0.1, 0.15) is 0 Å². The fourth-order valence-electron chi connectivity index (χ4n) is 2.45. The Balaban J connectivity index is 3.25. The van der Waals surface area contributed by atoms with E-state index in [9.17, 15) is 0 Å². The Hall–Kier alpha value is 0.177. The van der Waals surface area contributed by atoms with E-state index in [1.54, 1.807) is 0 Å². The predicted molar refractivity (Wildman–Crippen MR) is 86.7 cm³/mol. The minimum atomic E-state index is -0.794. The van der Waals surface area contributed by atoms with Crippen molar-refractivity contribution in [3.05, 3.63) is 0 Å². The number of rotatable bonds is 12. The summed E-state index contributed by atoms with van der Waals surface area (Å²) in [5, 5.41) is 0. The van der Waals surface area contributed by atoms with Crippen LogP contribution >= 0.6 is 0 Å². The zero-order valence-corrected chi connectivity index (χ0v) is 14.6. The Morgan fingerprint density at radius 2 is 1.28 bits per heavy atom. The molecule has 0 radical (unpaired) electrons. The van der Waals surface area contributed by atoms with Gasteiger partial charge in [0.2, 0.25) is 0 Å². The molecule has 0 saturated heterocycles. The maximum atomic E-state index is 4.32. The molecule has 0 aromatic heterocycles. The van der Waals surface area contributed by atoms with Gasteiger partial charge in [-0.2, -0.15) is 0 Å². The molecule has 1 atom stereocenters. The highest BCUT2D eigenvalue weighted by atomic mass is 28.3. The van der Waals surface area contributed by atoms with E-state index in [1.165, 1.54) is 70.3 Å². The minimum absolute atomic E-state index is 0.720. The Kier molecular flexibility index (Phi) is 11.1. The Morgan fingerprint density at radius 3 is 1.83 bits per heavy atom. The normalized spacial score (nSPS) is 13.8. The van der Waals surface area contributed by atoms with Gasteiger partial charge in [0, 0.05) is 8.07 Å². The van der Waals surface area contributed by atoms with Gasteiger partial charge in [-0.25, -0.2) is 0 Å². The summed E-state index contributed by atoms with van der Waals surface area (Å²) in [6, 6.07) is 2.22. The van der Waals surface area contributed by atoms with Crippen molar-refractivity contribution >= 4 is 8.07 Å². The maximum absolute atomic E-state index is 4.32. The molecule has 0 amide bonds. The summed E-state index contributed by atoms with van der Waals surface area (Å²) in [4.78, 5) is 0. The highest BCUT2D eigenvalue weighted by Crippen LogP contribution is 2.15. The largest absolute Gasteiger partial charge is 0.355 e. The fraction of sp³-hybridized carbons (Fsp3) is 1.00. The summed E-state index contributed by atoms with van der Waals surface area (Å²) < 4.78 is 0. The molecule has 1 unspecified atom stereocenters. The first kappa shape index (κ1) is 18.2. The highest BCUT2D eigenvalue weighted by Gasteiger charge is 2.12. The van der Waals surface area contributed by atoms with E-state index in [0.717, 1.165) is 6.04 Å². The molecule has 0 rings (SSSR count). The maximum Gasteiger partial charge on any atom is 0.0843 e. The number of quaternary nitrogens is 1. The summed E-state index contributed by atoms with van der Waals surface area (Å²) in [7, 11) is -0.794. The predicted octanol–water partition coefficient (Wildman–Crippen LogP) is 4.86. The summed E-state index contributed by atoms with van der Waals surface area (Å²) in [6.45, 7) is 9.72. The third kappa shape index (κ3) is 14.2. The van der Waals surface area contributed by atoms with Crippen LogP contribution < -0.4 is 5.73 Å². The van der Waals surface area contributed by atoms with Crippen molar-refractivity contribution in [1.82, 2.24) is 0 Å². The van der Waals surface area contributed by atoms with Crippen LogP contribution in [0.3, 0.4) is 0 Å². The SMILES string of the molecule is CCCCCCCCC([NH3+])CCCC[Si](C)(C)C. The molecular weight excluding hydrogens is 234 g/mol. The lowest BCUT2D eigenvalue weighted by Crippen LogP contribution is -2.60. The van der Waals surface area contributed by atoms with Crippen molar-refractivity contribution in [2.45, 2.75) is 103 Å². The monoisotopic (exact) mass is 272 g/mol. The molecule has 0 fully saturated rings. The molecule has 0 heterocycles. The van der Waals surface area contributed by atoms with Gasteiger partial charge in [-0.15, -0.1) is 0 Å². The van der Waals surface area contributed by atoms with Crippen molar-refractivity contribution in [2.24, 2.45) is 0 Å². The lowest BCUT2D eigenvalue weighted by atomic mass is 10.0. The molecule has 0 aliphatic carbocycles. The van der Waals surface area contributed by atoms with Crippen molar-refractivity contribution in [1.29, 1.82) is 0 Å². The average molecular weight is 273 g/mol. The summed E-state index contributed by atoms with van der Waals surface area (Å²) in [6.07, 6.45) is 14.1. The molecule has 1 nitrogen and oxygen atoms in total. The number of unbranched alkanes of at least 4 members (excludes halogenated alkanes) is 6. The van der Waals surface area contributed by atoms with Crippen LogP contribution in [-0.4, -0.2) is 14.1 Å². The van der Waals surface area contributed by atoms with E-state index in [-0.39, 0.29) is 0 Å². The van der Waals surface area contributed by atoms with Crippen LogP contribution in [0.1, 0.15) is 71.1 Å². The second-order valence-corrected chi connectivity index (χ2v) is 12.9. The standard InChI is InChI=1S/C16H37NSi/c1-5-6-7-8-9-10-13-16(17)14-11-12-15-18(2,3)4/h16H,5-15,17H2,1-4H3/p+1. The van der Waals surface area contributed by atoms with Gasteiger partial charge in [-0.1, -0.05) is 71.1 Å². The first-order chi connectivity index (χ1) is 8.45. The van der Waals surface area contributed by atoms with Gasteiger partial charge in [0.05, 0.1) is 6.04 Å². The summed E-state index contributed by atoms with van der Waals surface area (Å²) in [5.41, 5.74) is 4.32. The Bertz CT molecular complexity index is 174. The van der Waals surface area contributed by atoms with Crippen LogP contribution in [0.2, 0.25) is 25.7 Å². The molecule has 0 aliphatic heterocycles. The van der Waals surface area contributed by atoms with Crippen LogP contribution in [-0.2, 0) is 0 Å². The van der Waals surface area contributed by atoms with Crippen LogP contribution in [0.5, 0.6) is 0 Å². The van der Waals surface area contributed by atoms with E-state index in [0.29, 0.717) is 0 Å². The smallest absolute Gasteiger partial charge is 0.0843 e. The molecule has 110 valence electrons. The molecule has 0 aromatic rings. The second-order valence-electron chi connectivity index (χ2n) is 7.23. The van der Waals surface area contributed by atoms with Gasteiger partial charge in [-0.3, -0.25) is 0 Å². The lowest BCUT2D eigenvalue weighted by molar-refractivity contribution is -0.423. The van der Waals surface area contributed by atoms with Crippen molar-refractivity contribution < 1.29 is 5.73 Å². The average Bonchev–Trinajstić information content (AvgIpc) is 2.28. The lowest BCUT2D eigenvalue weighted by Gasteiger charge is -2.15. The van der Waals surface area contributed by atoms with Crippen molar-refractivity contribution in [3.63, 3.8) is 0 Å². The summed E-state index contributed by atoms with van der Waals surface area (Å²) in [5.74, 6) is 0. The van der Waals surface area contributed by atoms with E-state index in [2.05, 4.69) is 32.3 Å². The Labute approximate surface area is 117 Å². The van der Waals surface area contributed by atoms with E-state index in [1.807, 2.05) is 0 Å². The van der Waals surface area contributed by atoms with E-state index >= 15 is 0 Å². The molecule has 0 aliphatic rings. The molecule has 0 bridgehead atoms. The van der Waals surface area contributed by atoms with Gasteiger partial charge in [-0.05, 0) is 25.7 Å². The van der Waals surface area contributed by atoms with Crippen LogP contribution in [0, 0.1) is 0 Å². The number of hydrogen-bond acceptors (Lipinski definition) is 0. The molecule has 2 heteroatoms. The topological polar surface area (TPSA) is 27.6 Å². The Morgan fingerprint density at radius 1 is 0.778 bits per heavy atom. The van der Waals surface area contributed by atoms with Crippen LogP contribution in [0.4, 0.5) is 0 Å². The first-order valence-electron chi connectivity index (χ1n) is 8.29. The molecule has 3 N–H and O–H groups in total. The first-order valence-corrected chi connectivity index (χ1v) is 12.0. The van der Waals surface area contributed by atoms with E-state index < -0.39 is 8.07 Å². The zero-order valence-electron chi connectivity index (χ0n) is 13.6. The highest BCUT2D eigenvalue weighted by molar-refractivity contribution is 6.76. The van der Waals surface area contributed by atoms with Gasteiger partial charge in [0.15, 0.2) is 0 Å². The molecule has 18 heavy (non-hydrogen) atoms. The van der Waals surface area contributed by atoms with Crippen LogP contribution in [0.25, 0.3) is 0 Å². The third-order valence-electron chi connectivity index (χ3n) is 3.76. The quantitative estimate of drug-likeness (QED) is 0.388. The van der Waals surface area contributed by atoms with Gasteiger partial charge in [0.25, 0.3) is 0 Å². The van der Waals surface area contributed by atoms with Crippen molar-refractivity contribution in [2.75, 3.05) is 0 Å². The van der Waals surface area contributed by atoms with Crippen molar-refractivity contribution in [3.8, 4) is 0 Å². The zero-order chi connectivity index (χ0) is 13.9. The molecular formula is C16H38NSi+. The minimum Gasteiger partial charge on any atom is -0.355 e. The van der Waals surface area contributed by atoms with E-state index in [4.69, 9.17) is 0 Å². The molecule has 0 spiro atoms. The van der Waals surface area contributed by atoms with Gasteiger partial charge < -0.3 is 5.73 Å². The van der Waals surface area contributed by atoms with Gasteiger partial charge >= 0.3 is 0 Å². The third-order valence-corrected chi connectivity index (χ3v) is 5.61. The molecule has 0 aromatic carbocycles. The number of hydrogen-bond donors (Lipinski definition) is 1.